The summed E-state index contributed by atoms with van der Waals surface area (Å²) in [4.78, 5) is 4.66. The minimum atomic E-state index is 0.475. The molecule has 0 atom stereocenters. The Morgan fingerprint density at radius 1 is 1.20 bits per heavy atom. The Morgan fingerprint density at radius 2 is 1.87 bits per heavy atom. The normalized spacial score (nSPS) is 11.6. The van der Waals surface area contributed by atoms with E-state index in [1.54, 1.807) is 0 Å². The zero-order valence-electron chi connectivity index (χ0n) is 9.50. The number of aromatic nitrogens is 2. The molecule has 0 spiro atoms. The number of halogens is 1. The second kappa shape index (κ2) is 3.63. The smallest absolute Gasteiger partial charge is 0.137 e. The van der Waals surface area contributed by atoms with Gasteiger partial charge in [-0.2, -0.15) is 0 Å². The first-order valence-corrected chi connectivity index (χ1v) is 5.95. The number of hydrogen-bond donors (Lipinski definition) is 0. The molecule has 0 unspecified atom stereocenters. The van der Waals surface area contributed by atoms with Crippen molar-refractivity contribution in [1.29, 1.82) is 0 Å². The largest absolute Gasteiger partial charge is 0.300 e. The summed E-state index contributed by atoms with van der Waals surface area (Å²) in [7, 11) is 0. The molecule has 2 aromatic heterocycles. The minimum Gasteiger partial charge on any atom is -0.300 e. The lowest BCUT2D eigenvalue weighted by Crippen LogP contribution is -1.96. The topological polar surface area (TPSA) is 17.3 Å². The molecule has 0 saturated carbocycles. The van der Waals surface area contributed by atoms with Gasteiger partial charge in [-0.1, -0.05) is 13.8 Å². The highest BCUT2D eigenvalue weighted by Crippen LogP contribution is 2.24. The zero-order valence-corrected chi connectivity index (χ0v) is 11.1. The molecule has 0 saturated heterocycles. The van der Waals surface area contributed by atoms with Gasteiger partial charge in [0.25, 0.3) is 0 Å². The number of aryl methyl sites for hydroxylation is 2. The van der Waals surface area contributed by atoms with Crippen molar-refractivity contribution in [2.75, 3.05) is 0 Å². The molecule has 0 bridgehead atoms. The highest BCUT2D eigenvalue weighted by molar-refractivity contribution is 9.10. The van der Waals surface area contributed by atoms with E-state index in [1.807, 2.05) is 0 Å². The van der Waals surface area contributed by atoms with E-state index in [0.29, 0.717) is 5.92 Å². The first-order chi connectivity index (χ1) is 7.02. The van der Waals surface area contributed by atoms with Crippen molar-refractivity contribution in [1.82, 2.24) is 9.38 Å². The van der Waals surface area contributed by atoms with Crippen molar-refractivity contribution in [2.45, 2.75) is 33.6 Å². The molecule has 0 aliphatic heterocycles. The van der Waals surface area contributed by atoms with Gasteiger partial charge in [-0.15, -0.1) is 0 Å². The van der Waals surface area contributed by atoms with Gasteiger partial charge in [0, 0.05) is 15.9 Å². The van der Waals surface area contributed by atoms with Crippen LogP contribution >= 0.6 is 15.9 Å². The summed E-state index contributed by atoms with van der Waals surface area (Å²) in [6.07, 6.45) is 0. The highest BCUT2D eigenvalue weighted by Gasteiger charge is 2.13. The molecule has 2 aromatic rings. The lowest BCUT2D eigenvalue weighted by Gasteiger charge is -2.05. The predicted molar refractivity (Wildman–Crippen MR) is 66.5 cm³/mol. The van der Waals surface area contributed by atoms with Crippen LogP contribution in [0.1, 0.15) is 36.8 Å². The molecule has 0 aromatic carbocycles. The Bertz CT molecular complexity index is 512. The fourth-order valence-corrected chi connectivity index (χ4v) is 2.31. The number of imidazole rings is 1. The molecule has 2 rings (SSSR count). The van der Waals surface area contributed by atoms with E-state index < -0.39 is 0 Å². The van der Waals surface area contributed by atoms with Crippen molar-refractivity contribution in [3.8, 4) is 0 Å². The molecule has 0 radical (unpaired) electrons. The van der Waals surface area contributed by atoms with Crippen LogP contribution in [0.25, 0.3) is 5.65 Å². The van der Waals surface area contributed by atoms with E-state index in [1.165, 1.54) is 17.1 Å². The molecular formula is C12H15BrN2. The second-order valence-corrected chi connectivity index (χ2v) is 5.05. The number of nitrogens with zero attached hydrogens (tertiary/aromatic N) is 2. The van der Waals surface area contributed by atoms with Crippen LogP contribution < -0.4 is 0 Å². The van der Waals surface area contributed by atoms with Crippen LogP contribution in [-0.2, 0) is 0 Å². The van der Waals surface area contributed by atoms with E-state index in [2.05, 4.69) is 65.1 Å². The molecular weight excluding hydrogens is 252 g/mol. The molecule has 3 heteroatoms. The van der Waals surface area contributed by atoms with Gasteiger partial charge in [-0.3, -0.25) is 0 Å². The van der Waals surface area contributed by atoms with E-state index in [0.717, 1.165) is 10.1 Å². The van der Waals surface area contributed by atoms with Gasteiger partial charge in [0.1, 0.15) is 5.65 Å². The van der Waals surface area contributed by atoms with Crippen LogP contribution in [0.2, 0.25) is 0 Å². The van der Waals surface area contributed by atoms with E-state index in [4.69, 9.17) is 0 Å². The molecule has 2 nitrogen and oxygen atoms in total. The summed E-state index contributed by atoms with van der Waals surface area (Å²) in [6.45, 7) is 8.60. The van der Waals surface area contributed by atoms with E-state index >= 15 is 0 Å². The van der Waals surface area contributed by atoms with Gasteiger partial charge in [-0.25, -0.2) is 4.98 Å². The maximum absolute atomic E-state index is 4.66. The van der Waals surface area contributed by atoms with Gasteiger partial charge in [0.15, 0.2) is 0 Å². The molecule has 2 heterocycles. The van der Waals surface area contributed by atoms with Crippen molar-refractivity contribution in [2.24, 2.45) is 0 Å². The number of rotatable bonds is 1. The number of fused-ring (bicyclic) bond motifs is 1. The molecule has 80 valence electrons. The molecule has 0 aliphatic carbocycles. The van der Waals surface area contributed by atoms with Gasteiger partial charge < -0.3 is 4.40 Å². The van der Waals surface area contributed by atoms with Crippen molar-refractivity contribution < 1.29 is 0 Å². The Labute approximate surface area is 98.5 Å². The van der Waals surface area contributed by atoms with Crippen LogP contribution in [0, 0.1) is 13.8 Å². The first-order valence-electron chi connectivity index (χ1n) is 5.16. The van der Waals surface area contributed by atoms with E-state index in [9.17, 15) is 0 Å². The molecule has 0 aliphatic rings. The Balaban J connectivity index is 2.83. The maximum Gasteiger partial charge on any atom is 0.137 e. The second-order valence-electron chi connectivity index (χ2n) is 4.20. The molecule has 15 heavy (non-hydrogen) atoms. The van der Waals surface area contributed by atoms with Crippen LogP contribution in [0.5, 0.6) is 0 Å². The van der Waals surface area contributed by atoms with Crippen LogP contribution in [-0.4, -0.2) is 9.38 Å². The third-order valence-corrected chi connectivity index (χ3v) is 3.62. The van der Waals surface area contributed by atoms with Crippen LogP contribution in [0.15, 0.2) is 16.6 Å². The summed E-state index contributed by atoms with van der Waals surface area (Å²) >= 11 is 3.55. The molecule has 0 amide bonds. The maximum atomic E-state index is 4.66. The summed E-state index contributed by atoms with van der Waals surface area (Å²) in [5.41, 5.74) is 4.69. The Kier molecular flexibility index (Phi) is 2.59. The predicted octanol–water partition coefficient (Wildman–Crippen LogP) is 3.84. The van der Waals surface area contributed by atoms with Gasteiger partial charge in [-0.05, 0) is 47.8 Å². The van der Waals surface area contributed by atoms with Gasteiger partial charge >= 0.3 is 0 Å². The van der Waals surface area contributed by atoms with Crippen molar-refractivity contribution >= 4 is 21.6 Å². The SMILES string of the molecule is Cc1c(Br)ccc2nc(C(C)C)c(C)n12. The third kappa shape index (κ3) is 1.59. The minimum absolute atomic E-state index is 0.475. The summed E-state index contributed by atoms with van der Waals surface area (Å²) in [5.74, 6) is 0.475. The Hall–Kier alpha value is -0.830. The fraction of sp³-hybridized carbons (Fsp3) is 0.417. The lowest BCUT2D eigenvalue weighted by atomic mass is 10.1. The average Bonchev–Trinajstić information content (AvgIpc) is 2.50. The van der Waals surface area contributed by atoms with Crippen LogP contribution in [0.3, 0.4) is 0 Å². The summed E-state index contributed by atoms with van der Waals surface area (Å²) < 4.78 is 3.34. The lowest BCUT2D eigenvalue weighted by molar-refractivity contribution is 0.819. The summed E-state index contributed by atoms with van der Waals surface area (Å²) in [6, 6.07) is 4.11. The Morgan fingerprint density at radius 3 is 2.47 bits per heavy atom. The molecule has 0 N–H and O–H groups in total. The third-order valence-electron chi connectivity index (χ3n) is 2.78. The monoisotopic (exact) mass is 266 g/mol. The van der Waals surface area contributed by atoms with Crippen molar-refractivity contribution in [3.63, 3.8) is 0 Å². The van der Waals surface area contributed by atoms with E-state index in [-0.39, 0.29) is 0 Å². The average molecular weight is 267 g/mol. The number of hydrogen-bond acceptors (Lipinski definition) is 1. The van der Waals surface area contributed by atoms with Gasteiger partial charge in [0.05, 0.1) is 5.69 Å². The quantitative estimate of drug-likeness (QED) is 0.767. The highest BCUT2D eigenvalue weighted by atomic mass is 79.9. The first kappa shape index (κ1) is 10.7. The van der Waals surface area contributed by atoms with Crippen molar-refractivity contribution in [3.05, 3.63) is 33.7 Å². The number of pyridine rings is 1. The summed E-state index contributed by atoms with van der Waals surface area (Å²) in [5, 5.41) is 0. The standard InChI is InChI=1S/C12H15BrN2/c1-7(2)12-9(4)15-8(3)10(13)5-6-11(15)14-12/h5-7H,1-4H3. The molecule has 0 fully saturated rings. The zero-order chi connectivity index (χ0) is 11.2. The van der Waals surface area contributed by atoms with Gasteiger partial charge in [0.2, 0.25) is 0 Å². The van der Waals surface area contributed by atoms with Crippen LogP contribution in [0.4, 0.5) is 0 Å². The fourth-order valence-electron chi connectivity index (χ4n) is 2.00.